The van der Waals surface area contributed by atoms with Gasteiger partial charge in [0.1, 0.15) is 5.54 Å². The Kier molecular flexibility index (Phi) is 5.58. The predicted octanol–water partition coefficient (Wildman–Crippen LogP) is 3.32. The molecule has 0 radical (unpaired) electrons. The molecule has 26 heavy (non-hydrogen) atoms. The number of carbonyl (C=O) groups is 2. The molecule has 3 atom stereocenters. The van der Waals surface area contributed by atoms with Gasteiger partial charge in [-0.15, -0.1) is 0 Å². The van der Waals surface area contributed by atoms with Crippen molar-refractivity contribution >= 4 is 23.5 Å². The maximum absolute atomic E-state index is 13.1. The van der Waals surface area contributed by atoms with Gasteiger partial charge in [0.2, 0.25) is 5.91 Å². The Morgan fingerprint density at radius 2 is 1.92 bits per heavy atom. The minimum atomic E-state index is -0.865. The van der Waals surface area contributed by atoms with Crippen LogP contribution in [0, 0.1) is 5.92 Å². The molecule has 1 amide bonds. The molecule has 1 aromatic rings. The van der Waals surface area contributed by atoms with E-state index in [2.05, 4.69) is 5.32 Å². The predicted molar refractivity (Wildman–Crippen MR) is 101 cm³/mol. The summed E-state index contributed by atoms with van der Waals surface area (Å²) in [6, 6.07) is 7.51. The largest absolute Gasteiger partial charge is 0.468 e. The van der Waals surface area contributed by atoms with E-state index in [4.69, 9.17) is 16.3 Å². The van der Waals surface area contributed by atoms with Crippen molar-refractivity contribution in [3.05, 3.63) is 34.9 Å². The van der Waals surface area contributed by atoms with E-state index in [-0.39, 0.29) is 29.9 Å². The van der Waals surface area contributed by atoms with Gasteiger partial charge in [0.05, 0.1) is 13.0 Å². The molecular weight excluding hydrogens is 352 g/mol. The fourth-order valence-corrected chi connectivity index (χ4v) is 4.71. The zero-order valence-corrected chi connectivity index (χ0v) is 16.4. The number of nitrogens with one attached hydrogen (secondary N) is 1. The fraction of sp³-hybridized carbons (Fsp3) is 0.600. The van der Waals surface area contributed by atoms with Gasteiger partial charge in [0.25, 0.3) is 0 Å². The van der Waals surface area contributed by atoms with Gasteiger partial charge < -0.3 is 10.1 Å². The maximum atomic E-state index is 13.1. The van der Waals surface area contributed by atoms with Crippen molar-refractivity contribution in [1.29, 1.82) is 0 Å². The van der Waals surface area contributed by atoms with Gasteiger partial charge in [0.15, 0.2) is 0 Å². The van der Waals surface area contributed by atoms with Gasteiger partial charge in [-0.05, 0) is 44.9 Å². The number of carbonyl (C=O) groups excluding carboxylic acids is 2. The summed E-state index contributed by atoms with van der Waals surface area (Å²) in [6.07, 6.45) is 4.77. The van der Waals surface area contributed by atoms with Crippen molar-refractivity contribution in [1.82, 2.24) is 10.2 Å². The quantitative estimate of drug-likeness (QED) is 0.816. The summed E-state index contributed by atoms with van der Waals surface area (Å²) in [4.78, 5) is 27.5. The van der Waals surface area contributed by atoms with E-state index in [1.807, 2.05) is 43.1 Å². The minimum absolute atomic E-state index is 0.00120. The zero-order chi connectivity index (χ0) is 18.9. The fourth-order valence-electron chi connectivity index (χ4n) is 4.46. The number of halogens is 1. The van der Waals surface area contributed by atoms with E-state index in [0.717, 1.165) is 31.2 Å². The Morgan fingerprint density at radius 1 is 1.27 bits per heavy atom. The molecule has 2 aliphatic rings. The van der Waals surface area contributed by atoms with Crippen LogP contribution in [0.15, 0.2) is 24.3 Å². The first kappa shape index (κ1) is 19.2. The van der Waals surface area contributed by atoms with Crippen LogP contribution in [0.3, 0.4) is 0 Å². The lowest BCUT2D eigenvalue weighted by molar-refractivity contribution is -0.152. The van der Waals surface area contributed by atoms with E-state index in [9.17, 15) is 9.59 Å². The lowest BCUT2D eigenvalue weighted by atomic mass is 9.89. The maximum Gasteiger partial charge on any atom is 0.326 e. The normalized spacial score (nSPS) is 29.7. The molecule has 0 bridgehead atoms. The second-order valence-electron chi connectivity index (χ2n) is 7.64. The third kappa shape index (κ3) is 3.35. The Hall–Kier alpha value is -1.59. The highest BCUT2D eigenvalue weighted by Crippen LogP contribution is 2.48. The molecule has 1 saturated carbocycles. The average Bonchev–Trinajstić information content (AvgIpc) is 3.22. The SMILES string of the molecule is COC(=O)[C@]1(C)C[C@H](C(=O)NC2CCCC2)[C@H](c2ccccc2Cl)N1C. The lowest BCUT2D eigenvalue weighted by Crippen LogP contribution is -2.47. The molecule has 5 nitrogen and oxygen atoms in total. The molecule has 1 N–H and O–H groups in total. The summed E-state index contributed by atoms with van der Waals surface area (Å²) < 4.78 is 5.04. The van der Waals surface area contributed by atoms with Crippen LogP contribution in [0.1, 0.15) is 50.6 Å². The van der Waals surface area contributed by atoms with Gasteiger partial charge in [-0.2, -0.15) is 0 Å². The summed E-state index contributed by atoms with van der Waals surface area (Å²) in [6.45, 7) is 1.84. The molecule has 3 rings (SSSR count). The zero-order valence-electron chi connectivity index (χ0n) is 15.6. The molecular formula is C20H27ClN2O3. The highest BCUT2D eigenvalue weighted by Gasteiger charge is 2.55. The number of hydrogen-bond acceptors (Lipinski definition) is 4. The Bertz CT molecular complexity index is 689. The van der Waals surface area contributed by atoms with Crippen LogP contribution in [0.4, 0.5) is 0 Å². The number of ether oxygens (including phenoxy) is 1. The first-order valence-corrected chi connectivity index (χ1v) is 9.62. The first-order valence-electron chi connectivity index (χ1n) is 9.24. The number of nitrogens with zero attached hydrogens (tertiary/aromatic N) is 1. The minimum Gasteiger partial charge on any atom is -0.468 e. The summed E-state index contributed by atoms with van der Waals surface area (Å²) in [7, 11) is 3.26. The summed E-state index contributed by atoms with van der Waals surface area (Å²) in [5, 5.41) is 3.80. The second kappa shape index (κ2) is 7.57. The molecule has 1 aliphatic heterocycles. The van der Waals surface area contributed by atoms with Crippen LogP contribution < -0.4 is 5.32 Å². The highest BCUT2D eigenvalue weighted by atomic mass is 35.5. The van der Waals surface area contributed by atoms with Crippen LogP contribution in [0.5, 0.6) is 0 Å². The number of hydrogen-bond donors (Lipinski definition) is 1. The van der Waals surface area contributed by atoms with Gasteiger partial charge in [-0.1, -0.05) is 42.6 Å². The van der Waals surface area contributed by atoms with Crippen molar-refractivity contribution in [3.8, 4) is 0 Å². The molecule has 0 spiro atoms. The molecule has 0 unspecified atom stereocenters. The standard InChI is InChI=1S/C20H27ClN2O3/c1-20(19(25)26-3)12-15(18(24)22-13-8-4-5-9-13)17(23(20)2)14-10-6-7-11-16(14)21/h6-7,10-11,13,15,17H,4-5,8-9,12H2,1-3H3,(H,22,24)/t15-,17-,20-/m0/s1. The number of esters is 1. The van der Waals surface area contributed by atoms with E-state index in [0.29, 0.717) is 11.4 Å². The Labute approximate surface area is 160 Å². The van der Waals surface area contributed by atoms with E-state index in [1.165, 1.54) is 7.11 Å². The highest BCUT2D eigenvalue weighted by molar-refractivity contribution is 6.31. The Balaban J connectivity index is 1.94. The molecule has 1 aromatic carbocycles. The monoisotopic (exact) mass is 378 g/mol. The lowest BCUT2D eigenvalue weighted by Gasteiger charge is -2.33. The first-order chi connectivity index (χ1) is 12.4. The average molecular weight is 379 g/mol. The Morgan fingerprint density at radius 3 is 2.54 bits per heavy atom. The van der Waals surface area contributed by atoms with Crippen LogP contribution in [0.25, 0.3) is 0 Å². The van der Waals surface area contributed by atoms with E-state index in [1.54, 1.807) is 0 Å². The van der Waals surface area contributed by atoms with Crippen molar-refractivity contribution in [2.24, 2.45) is 5.92 Å². The van der Waals surface area contributed by atoms with Gasteiger partial charge in [-0.25, -0.2) is 0 Å². The van der Waals surface area contributed by atoms with Crippen molar-refractivity contribution in [2.45, 2.75) is 56.7 Å². The van der Waals surface area contributed by atoms with Crippen molar-refractivity contribution in [3.63, 3.8) is 0 Å². The smallest absolute Gasteiger partial charge is 0.326 e. The van der Waals surface area contributed by atoms with Crippen molar-refractivity contribution in [2.75, 3.05) is 14.2 Å². The van der Waals surface area contributed by atoms with Crippen LogP contribution in [0.2, 0.25) is 5.02 Å². The third-order valence-corrected chi connectivity index (χ3v) is 6.43. The van der Waals surface area contributed by atoms with Gasteiger partial charge in [-0.3, -0.25) is 14.5 Å². The molecule has 142 valence electrons. The van der Waals surface area contributed by atoms with Gasteiger partial charge in [0, 0.05) is 17.1 Å². The summed E-state index contributed by atoms with van der Waals surface area (Å²) in [5.74, 6) is -0.681. The van der Waals surface area contributed by atoms with Gasteiger partial charge >= 0.3 is 5.97 Å². The van der Waals surface area contributed by atoms with Crippen LogP contribution in [-0.4, -0.2) is 42.5 Å². The number of likely N-dealkylation sites (N-methyl/N-ethyl adjacent to an activating group) is 1. The number of amides is 1. The second-order valence-corrected chi connectivity index (χ2v) is 8.05. The number of likely N-dealkylation sites (tertiary alicyclic amines) is 1. The van der Waals surface area contributed by atoms with E-state index >= 15 is 0 Å². The molecule has 1 aliphatic carbocycles. The van der Waals surface area contributed by atoms with Crippen LogP contribution >= 0.6 is 11.6 Å². The number of methoxy groups -OCH3 is 1. The molecule has 1 saturated heterocycles. The molecule has 2 fully saturated rings. The molecule has 0 aromatic heterocycles. The molecule has 1 heterocycles. The molecule has 6 heteroatoms. The van der Waals surface area contributed by atoms with Crippen molar-refractivity contribution < 1.29 is 14.3 Å². The topological polar surface area (TPSA) is 58.6 Å². The summed E-state index contributed by atoms with van der Waals surface area (Å²) in [5.41, 5.74) is 0.00636. The third-order valence-electron chi connectivity index (χ3n) is 6.08. The number of rotatable bonds is 4. The van der Waals surface area contributed by atoms with E-state index < -0.39 is 5.54 Å². The summed E-state index contributed by atoms with van der Waals surface area (Å²) >= 11 is 6.44. The number of benzene rings is 1. The van der Waals surface area contributed by atoms with Crippen LogP contribution in [-0.2, 0) is 14.3 Å².